The van der Waals surface area contributed by atoms with Crippen LogP contribution in [0.5, 0.6) is 0 Å². The molecule has 0 aliphatic rings. The van der Waals surface area contributed by atoms with Crippen molar-refractivity contribution >= 4 is 11.9 Å². The van der Waals surface area contributed by atoms with Gasteiger partial charge in [-0.15, -0.1) is 0 Å². The summed E-state index contributed by atoms with van der Waals surface area (Å²) >= 11 is 0. The van der Waals surface area contributed by atoms with E-state index in [-0.39, 0.29) is 18.4 Å². The summed E-state index contributed by atoms with van der Waals surface area (Å²) in [4.78, 5) is 25.5. The number of hydrogen-bond donors (Lipinski definition) is 0. The van der Waals surface area contributed by atoms with Gasteiger partial charge in [0, 0.05) is 19.6 Å². The minimum Gasteiger partial charge on any atom is -0.465 e. The second kappa shape index (κ2) is 11.6. The molecule has 0 atom stereocenters. The Kier molecular flexibility index (Phi) is 9.77. The highest BCUT2D eigenvalue weighted by Crippen LogP contribution is 2.06. The van der Waals surface area contributed by atoms with Gasteiger partial charge in [-0.05, 0) is 24.8 Å². The highest BCUT2D eigenvalue weighted by molar-refractivity contribution is 5.82. The molecule has 0 saturated carbocycles. The molecule has 1 aromatic carbocycles. The predicted molar refractivity (Wildman–Crippen MR) is 93.4 cm³/mol. The van der Waals surface area contributed by atoms with Crippen LogP contribution < -0.4 is 0 Å². The summed E-state index contributed by atoms with van der Waals surface area (Å²) in [6, 6.07) is 9.93. The number of benzene rings is 1. The number of carbonyl (C=O) groups is 2. The van der Waals surface area contributed by atoms with Crippen molar-refractivity contribution in [2.75, 3.05) is 26.3 Å². The summed E-state index contributed by atoms with van der Waals surface area (Å²) in [6.07, 6.45) is 1.02. The van der Waals surface area contributed by atoms with Gasteiger partial charge in [0.1, 0.15) is 6.54 Å². The van der Waals surface area contributed by atoms with Crippen LogP contribution in [0.25, 0.3) is 0 Å². The Hall–Kier alpha value is -1.88. The molecule has 134 valence electrons. The molecule has 1 rings (SSSR count). The fourth-order valence-corrected chi connectivity index (χ4v) is 2.31. The van der Waals surface area contributed by atoms with E-state index in [1.165, 1.54) is 0 Å². The summed E-state index contributed by atoms with van der Waals surface area (Å²) in [5.41, 5.74) is 1.12. The van der Waals surface area contributed by atoms with E-state index in [2.05, 4.69) is 0 Å². The quantitative estimate of drug-likeness (QED) is 0.461. The summed E-state index contributed by atoms with van der Waals surface area (Å²) in [7, 11) is 0. The van der Waals surface area contributed by atoms with Gasteiger partial charge in [-0.1, -0.05) is 44.2 Å². The number of esters is 1. The van der Waals surface area contributed by atoms with Crippen LogP contribution >= 0.6 is 0 Å². The third kappa shape index (κ3) is 8.67. The highest BCUT2D eigenvalue weighted by Gasteiger charge is 2.18. The summed E-state index contributed by atoms with van der Waals surface area (Å²) < 4.78 is 10.5. The molecule has 5 heteroatoms. The predicted octanol–water partition coefficient (Wildman–Crippen LogP) is 3.03. The maximum Gasteiger partial charge on any atom is 0.325 e. The van der Waals surface area contributed by atoms with E-state index in [1.807, 2.05) is 44.2 Å². The van der Waals surface area contributed by atoms with Crippen molar-refractivity contribution in [3.63, 3.8) is 0 Å². The molecule has 0 heterocycles. The summed E-state index contributed by atoms with van der Waals surface area (Å²) in [6.45, 7) is 7.79. The van der Waals surface area contributed by atoms with Crippen molar-refractivity contribution < 1.29 is 19.1 Å². The molecular weight excluding hydrogens is 306 g/mol. The van der Waals surface area contributed by atoms with Crippen molar-refractivity contribution in [1.29, 1.82) is 0 Å². The Morgan fingerprint density at radius 1 is 1.17 bits per heavy atom. The van der Waals surface area contributed by atoms with E-state index in [9.17, 15) is 9.59 Å². The molecule has 1 amide bonds. The summed E-state index contributed by atoms with van der Waals surface area (Å²) in [5, 5.41) is 0. The van der Waals surface area contributed by atoms with Crippen LogP contribution in [-0.2, 0) is 25.7 Å². The standard InChI is InChI=1S/C19H29NO4/c1-4-24-19(22)14-20(13-16(2)3)18(21)11-8-12-23-15-17-9-6-5-7-10-17/h5-7,9-10,16H,4,8,11-15H2,1-3H3. The lowest BCUT2D eigenvalue weighted by atomic mass is 10.2. The van der Waals surface area contributed by atoms with Gasteiger partial charge in [-0.25, -0.2) is 0 Å². The van der Waals surface area contributed by atoms with Crippen molar-refractivity contribution in [3.05, 3.63) is 35.9 Å². The average Bonchev–Trinajstić information content (AvgIpc) is 2.54. The van der Waals surface area contributed by atoms with Crippen LogP contribution in [0.3, 0.4) is 0 Å². The lowest BCUT2D eigenvalue weighted by molar-refractivity contribution is -0.149. The Balaban J connectivity index is 2.31. The van der Waals surface area contributed by atoms with E-state index in [1.54, 1.807) is 11.8 Å². The second-order valence-electron chi connectivity index (χ2n) is 6.11. The molecule has 0 unspecified atom stereocenters. The van der Waals surface area contributed by atoms with Crippen molar-refractivity contribution in [2.45, 2.75) is 40.2 Å². The van der Waals surface area contributed by atoms with Crippen LogP contribution in [0.4, 0.5) is 0 Å². The van der Waals surface area contributed by atoms with Crippen LogP contribution in [0, 0.1) is 5.92 Å². The Bertz CT molecular complexity index is 487. The molecule has 0 radical (unpaired) electrons. The van der Waals surface area contributed by atoms with Crippen LogP contribution in [0.15, 0.2) is 30.3 Å². The zero-order valence-corrected chi connectivity index (χ0v) is 15.0. The van der Waals surface area contributed by atoms with Crippen molar-refractivity contribution in [3.8, 4) is 0 Å². The molecule has 0 bridgehead atoms. The maximum atomic E-state index is 12.3. The lowest BCUT2D eigenvalue weighted by Crippen LogP contribution is -2.38. The molecule has 0 fully saturated rings. The third-order valence-corrected chi connectivity index (χ3v) is 3.35. The van der Waals surface area contributed by atoms with Gasteiger partial charge in [0.25, 0.3) is 0 Å². The molecule has 0 N–H and O–H groups in total. The van der Waals surface area contributed by atoms with Gasteiger partial charge >= 0.3 is 5.97 Å². The first-order chi connectivity index (χ1) is 11.5. The number of ether oxygens (including phenoxy) is 2. The molecule has 0 aliphatic heterocycles. The monoisotopic (exact) mass is 335 g/mol. The second-order valence-corrected chi connectivity index (χ2v) is 6.11. The van der Waals surface area contributed by atoms with Crippen molar-refractivity contribution in [1.82, 2.24) is 4.90 Å². The van der Waals surface area contributed by atoms with Crippen LogP contribution in [0.2, 0.25) is 0 Å². The normalized spacial score (nSPS) is 10.7. The van der Waals surface area contributed by atoms with E-state index >= 15 is 0 Å². The molecule has 1 aromatic rings. The molecule has 24 heavy (non-hydrogen) atoms. The topological polar surface area (TPSA) is 55.8 Å². The fourth-order valence-electron chi connectivity index (χ4n) is 2.31. The minimum atomic E-state index is -0.355. The van der Waals surface area contributed by atoms with Crippen molar-refractivity contribution in [2.24, 2.45) is 5.92 Å². The van der Waals surface area contributed by atoms with Gasteiger partial charge in [0.15, 0.2) is 0 Å². The number of nitrogens with zero attached hydrogens (tertiary/aromatic N) is 1. The SMILES string of the molecule is CCOC(=O)CN(CC(C)C)C(=O)CCCOCc1ccccc1. The first-order valence-corrected chi connectivity index (χ1v) is 8.58. The molecular formula is C19H29NO4. The van der Waals surface area contributed by atoms with Gasteiger partial charge in [-0.3, -0.25) is 9.59 Å². The zero-order valence-electron chi connectivity index (χ0n) is 15.0. The van der Waals surface area contributed by atoms with Crippen LogP contribution in [0.1, 0.15) is 39.2 Å². The first-order valence-electron chi connectivity index (χ1n) is 8.58. The Labute approximate surface area is 144 Å². The van der Waals surface area contributed by atoms with E-state index < -0.39 is 0 Å². The van der Waals surface area contributed by atoms with Gasteiger partial charge in [0.2, 0.25) is 5.91 Å². The lowest BCUT2D eigenvalue weighted by Gasteiger charge is -2.23. The smallest absolute Gasteiger partial charge is 0.325 e. The summed E-state index contributed by atoms with van der Waals surface area (Å²) in [5.74, 6) is -0.0791. The largest absolute Gasteiger partial charge is 0.465 e. The highest BCUT2D eigenvalue weighted by atomic mass is 16.5. The average molecular weight is 335 g/mol. The number of amides is 1. The maximum absolute atomic E-state index is 12.3. The molecule has 0 aromatic heterocycles. The van der Waals surface area contributed by atoms with Gasteiger partial charge in [0.05, 0.1) is 13.2 Å². The Morgan fingerprint density at radius 3 is 2.50 bits per heavy atom. The molecule has 0 spiro atoms. The third-order valence-electron chi connectivity index (χ3n) is 3.35. The van der Waals surface area contributed by atoms with E-state index in [0.717, 1.165) is 5.56 Å². The molecule has 0 aliphatic carbocycles. The fraction of sp³-hybridized carbons (Fsp3) is 0.579. The Morgan fingerprint density at radius 2 is 1.88 bits per heavy atom. The number of rotatable bonds is 11. The van der Waals surface area contributed by atoms with Crippen LogP contribution in [-0.4, -0.2) is 43.1 Å². The minimum absolute atomic E-state index is 0.0235. The van der Waals surface area contributed by atoms with E-state index in [4.69, 9.17) is 9.47 Å². The number of hydrogen-bond acceptors (Lipinski definition) is 4. The first kappa shape index (κ1) is 20.2. The molecule has 0 saturated heterocycles. The van der Waals surface area contributed by atoms with Gasteiger partial charge in [-0.2, -0.15) is 0 Å². The molecule has 5 nitrogen and oxygen atoms in total. The zero-order chi connectivity index (χ0) is 17.8. The van der Waals surface area contributed by atoms with E-state index in [0.29, 0.717) is 45.1 Å². The van der Waals surface area contributed by atoms with Gasteiger partial charge < -0.3 is 14.4 Å². The number of carbonyl (C=O) groups excluding carboxylic acids is 2.